The number of anilines is 2. The first-order valence-corrected chi connectivity index (χ1v) is 9.58. The van der Waals surface area contributed by atoms with Crippen molar-refractivity contribution < 1.29 is 35.2 Å². The van der Waals surface area contributed by atoms with Crippen LogP contribution >= 0.6 is 0 Å². The number of alkyl halides is 3. The van der Waals surface area contributed by atoms with Crippen LogP contribution in [-0.4, -0.2) is 26.6 Å². The second-order valence-corrected chi connectivity index (χ2v) is 7.76. The van der Waals surface area contributed by atoms with Gasteiger partial charge in [-0.3, -0.25) is 9.10 Å². The van der Waals surface area contributed by atoms with Gasteiger partial charge in [0.1, 0.15) is 6.04 Å². The van der Waals surface area contributed by atoms with Crippen molar-refractivity contribution in [1.82, 2.24) is 0 Å². The summed E-state index contributed by atoms with van der Waals surface area (Å²) in [5.74, 6) is -3.33. The van der Waals surface area contributed by atoms with Crippen molar-refractivity contribution in [2.45, 2.75) is 19.1 Å². The van der Waals surface area contributed by atoms with E-state index in [1.165, 1.54) is 0 Å². The van der Waals surface area contributed by atoms with Crippen molar-refractivity contribution in [3.8, 4) is 0 Å². The number of nitrogens with one attached hydrogen (secondary N) is 1. The average molecular weight is 422 g/mol. The lowest BCUT2D eigenvalue weighted by molar-refractivity contribution is -0.137. The Morgan fingerprint density at radius 1 is 1.07 bits per heavy atom. The predicted octanol–water partition coefficient (Wildman–Crippen LogP) is 3.78. The number of halogens is 5. The molecule has 0 aliphatic carbocycles. The number of sulfonamides is 1. The van der Waals surface area contributed by atoms with Crippen LogP contribution in [0.25, 0.3) is 0 Å². The maximum absolute atomic E-state index is 13.3. The first-order chi connectivity index (χ1) is 12.8. The second kappa shape index (κ2) is 7.74. The highest BCUT2D eigenvalue weighted by molar-refractivity contribution is 7.92. The van der Waals surface area contributed by atoms with Crippen LogP contribution in [0, 0.1) is 11.6 Å². The SMILES string of the molecule is C[C@@H](C(=O)Nc1ccc(F)c(F)c1)N(c1cccc(C(F)(F)F)c1)S(C)(=O)=O. The largest absolute Gasteiger partial charge is 0.416 e. The van der Waals surface area contributed by atoms with Gasteiger partial charge >= 0.3 is 6.18 Å². The van der Waals surface area contributed by atoms with Gasteiger partial charge in [-0.1, -0.05) is 6.07 Å². The van der Waals surface area contributed by atoms with Crippen LogP contribution in [0.4, 0.5) is 33.3 Å². The van der Waals surface area contributed by atoms with Crippen LogP contribution in [0.1, 0.15) is 12.5 Å². The Morgan fingerprint density at radius 2 is 1.71 bits per heavy atom. The third-order valence-electron chi connectivity index (χ3n) is 3.70. The lowest BCUT2D eigenvalue weighted by Gasteiger charge is -2.28. The molecule has 1 N–H and O–H groups in total. The van der Waals surface area contributed by atoms with Crippen molar-refractivity contribution in [1.29, 1.82) is 0 Å². The molecule has 152 valence electrons. The Morgan fingerprint density at radius 3 is 2.25 bits per heavy atom. The lowest BCUT2D eigenvalue weighted by atomic mass is 10.1. The Labute approximate surface area is 157 Å². The number of benzene rings is 2. The summed E-state index contributed by atoms with van der Waals surface area (Å²) in [6.07, 6.45) is -3.98. The molecule has 2 aromatic rings. The molecule has 28 heavy (non-hydrogen) atoms. The van der Waals surface area contributed by atoms with Gasteiger partial charge in [0.2, 0.25) is 15.9 Å². The van der Waals surface area contributed by atoms with Crippen molar-refractivity contribution in [2.75, 3.05) is 15.9 Å². The van der Waals surface area contributed by atoms with E-state index in [0.29, 0.717) is 16.4 Å². The van der Waals surface area contributed by atoms with Gasteiger partial charge in [-0.05, 0) is 37.3 Å². The molecule has 5 nitrogen and oxygen atoms in total. The molecule has 2 rings (SSSR count). The summed E-state index contributed by atoms with van der Waals surface area (Å²) < 4.78 is 89.8. The van der Waals surface area contributed by atoms with E-state index in [2.05, 4.69) is 5.32 Å². The molecule has 0 unspecified atom stereocenters. The number of carbonyl (C=O) groups excluding carboxylic acids is 1. The van der Waals surface area contributed by atoms with Crippen molar-refractivity contribution >= 4 is 27.3 Å². The maximum atomic E-state index is 13.3. The predicted molar refractivity (Wildman–Crippen MR) is 93.2 cm³/mol. The average Bonchev–Trinajstić information content (AvgIpc) is 2.56. The molecule has 1 amide bonds. The topological polar surface area (TPSA) is 66.5 Å². The standard InChI is InChI=1S/C17H15F5N2O3S/c1-10(16(25)23-12-6-7-14(18)15(19)9-12)24(28(2,26)27)13-5-3-4-11(8-13)17(20,21)22/h3-10H,1-2H3,(H,23,25)/t10-/m0/s1. The van der Waals surface area contributed by atoms with Gasteiger partial charge in [0, 0.05) is 11.8 Å². The highest BCUT2D eigenvalue weighted by Crippen LogP contribution is 2.33. The summed E-state index contributed by atoms with van der Waals surface area (Å²) in [6.45, 7) is 1.15. The van der Waals surface area contributed by atoms with E-state index in [1.54, 1.807) is 0 Å². The quantitative estimate of drug-likeness (QED) is 0.746. The zero-order chi connectivity index (χ0) is 21.3. The van der Waals surface area contributed by atoms with E-state index >= 15 is 0 Å². The molecular formula is C17H15F5N2O3S. The van der Waals surface area contributed by atoms with E-state index in [4.69, 9.17) is 0 Å². The number of hydrogen-bond donors (Lipinski definition) is 1. The molecule has 0 spiro atoms. The molecule has 0 aliphatic heterocycles. The Kier molecular flexibility index (Phi) is 5.97. The van der Waals surface area contributed by atoms with Gasteiger partial charge in [0.15, 0.2) is 11.6 Å². The number of hydrogen-bond acceptors (Lipinski definition) is 3. The van der Waals surface area contributed by atoms with Crippen LogP contribution in [0.2, 0.25) is 0 Å². The van der Waals surface area contributed by atoms with Gasteiger partial charge in [0.25, 0.3) is 0 Å². The first-order valence-electron chi connectivity index (χ1n) is 7.73. The summed E-state index contributed by atoms with van der Waals surface area (Å²) in [5.41, 5.74) is -1.61. The zero-order valence-electron chi connectivity index (χ0n) is 14.6. The Bertz CT molecular complexity index is 993. The van der Waals surface area contributed by atoms with Crippen LogP contribution in [0.15, 0.2) is 42.5 Å². The molecule has 0 aliphatic rings. The van der Waals surface area contributed by atoms with Crippen molar-refractivity contribution in [3.63, 3.8) is 0 Å². The van der Waals surface area contributed by atoms with Gasteiger partial charge in [-0.15, -0.1) is 0 Å². The van der Waals surface area contributed by atoms with Gasteiger partial charge in [-0.25, -0.2) is 17.2 Å². The summed E-state index contributed by atoms with van der Waals surface area (Å²) >= 11 is 0. The Balaban J connectivity index is 2.38. The first kappa shape index (κ1) is 21.6. The molecule has 0 aromatic heterocycles. The molecule has 0 fully saturated rings. The molecule has 0 radical (unpaired) electrons. The van der Waals surface area contributed by atoms with Crippen molar-refractivity contribution in [3.05, 3.63) is 59.7 Å². The summed E-state index contributed by atoms with van der Waals surface area (Å²) in [5, 5.41) is 2.20. The fourth-order valence-electron chi connectivity index (χ4n) is 2.45. The van der Waals surface area contributed by atoms with E-state index in [1.807, 2.05) is 0 Å². The molecule has 0 bridgehead atoms. The highest BCUT2D eigenvalue weighted by atomic mass is 32.2. The number of carbonyl (C=O) groups is 1. The van der Waals surface area contributed by atoms with E-state index in [0.717, 1.165) is 43.5 Å². The van der Waals surface area contributed by atoms with Crippen molar-refractivity contribution in [2.24, 2.45) is 0 Å². The van der Waals surface area contributed by atoms with Gasteiger partial charge in [0.05, 0.1) is 17.5 Å². The zero-order valence-corrected chi connectivity index (χ0v) is 15.4. The van der Waals surface area contributed by atoms with Crippen LogP contribution in [0.5, 0.6) is 0 Å². The second-order valence-electron chi connectivity index (χ2n) is 5.90. The maximum Gasteiger partial charge on any atom is 0.416 e. The van der Waals surface area contributed by atoms with E-state index < -0.39 is 45.3 Å². The smallest absolute Gasteiger partial charge is 0.324 e. The molecule has 11 heteroatoms. The minimum Gasteiger partial charge on any atom is -0.324 e. The van der Waals surface area contributed by atoms with Crippen LogP contribution in [0.3, 0.4) is 0 Å². The number of nitrogens with zero attached hydrogens (tertiary/aromatic N) is 1. The molecule has 2 aromatic carbocycles. The monoisotopic (exact) mass is 422 g/mol. The van der Waals surface area contributed by atoms with Gasteiger partial charge < -0.3 is 5.32 Å². The normalized spacial score (nSPS) is 13.1. The molecule has 1 atom stereocenters. The minimum atomic E-state index is -4.71. The summed E-state index contributed by atoms with van der Waals surface area (Å²) in [4.78, 5) is 12.4. The van der Waals surface area contributed by atoms with Crippen LogP contribution in [-0.2, 0) is 21.0 Å². The lowest BCUT2D eigenvalue weighted by Crippen LogP contribution is -2.45. The van der Waals surface area contributed by atoms with Crippen LogP contribution < -0.4 is 9.62 Å². The third-order valence-corrected chi connectivity index (χ3v) is 4.95. The summed E-state index contributed by atoms with van der Waals surface area (Å²) in [6, 6.07) is 4.50. The molecule has 0 saturated carbocycles. The minimum absolute atomic E-state index is 0.145. The molecule has 0 saturated heterocycles. The fraction of sp³-hybridized carbons (Fsp3) is 0.235. The number of amides is 1. The molecular weight excluding hydrogens is 407 g/mol. The summed E-state index contributed by atoms with van der Waals surface area (Å²) in [7, 11) is -4.16. The third kappa shape index (κ3) is 4.97. The Hall–Kier alpha value is -2.69. The van der Waals surface area contributed by atoms with E-state index in [-0.39, 0.29) is 11.4 Å². The highest BCUT2D eigenvalue weighted by Gasteiger charge is 2.34. The number of rotatable bonds is 5. The van der Waals surface area contributed by atoms with E-state index in [9.17, 15) is 35.2 Å². The van der Waals surface area contributed by atoms with Gasteiger partial charge in [-0.2, -0.15) is 13.2 Å². The molecule has 0 heterocycles. The fourth-order valence-corrected chi connectivity index (χ4v) is 3.62.